The van der Waals surface area contributed by atoms with Gasteiger partial charge < -0.3 is 10.0 Å². The van der Waals surface area contributed by atoms with E-state index in [2.05, 4.69) is 4.72 Å². The molecule has 1 heterocycles. The second kappa shape index (κ2) is 6.99. The molecule has 0 radical (unpaired) electrons. The van der Waals surface area contributed by atoms with Crippen LogP contribution in [0.1, 0.15) is 32.6 Å². The summed E-state index contributed by atoms with van der Waals surface area (Å²) in [5.74, 6) is 0. The van der Waals surface area contributed by atoms with Crippen LogP contribution in [-0.2, 0) is 10.2 Å². The maximum Gasteiger partial charge on any atom is 0.279 e. The van der Waals surface area contributed by atoms with Crippen LogP contribution in [0.3, 0.4) is 0 Å². The van der Waals surface area contributed by atoms with Crippen molar-refractivity contribution >= 4 is 10.2 Å². The van der Waals surface area contributed by atoms with Crippen LogP contribution in [0.25, 0.3) is 0 Å². The SMILES string of the molecule is CN(C)CC(C)(O)CNS(=O)(=O)N1CCCCCC1. The molecule has 1 aliphatic rings. The topological polar surface area (TPSA) is 72.9 Å². The predicted octanol–water partition coefficient (Wildman–Crippen LogP) is 0.00940. The summed E-state index contributed by atoms with van der Waals surface area (Å²) in [6.45, 7) is 3.23. The first kappa shape index (κ1) is 16.8. The Morgan fingerprint density at radius 1 is 1.21 bits per heavy atom. The summed E-state index contributed by atoms with van der Waals surface area (Å²) in [4.78, 5) is 1.83. The maximum atomic E-state index is 12.2. The highest BCUT2D eigenvalue weighted by atomic mass is 32.2. The second-order valence-electron chi connectivity index (χ2n) is 5.87. The normalized spacial score (nSPS) is 22.2. The lowest BCUT2D eigenvalue weighted by atomic mass is 10.1. The number of rotatable bonds is 6. The highest BCUT2D eigenvalue weighted by Crippen LogP contribution is 2.13. The quantitative estimate of drug-likeness (QED) is 0.723. The molecule has 0 aromatic carbocycles. The first-order valence-electron chi connectivity index (χ1n) is 6.85. The molecule has 1 aliphatic heterocycles. The summed E-state index contributed by atoms with van der Waals surface area (Å²) in [6.07, 6.45) is 4.00. The highest BCUT2D eigenvalue weighted by molar-refractivity contribution is 7.87. The van der Waals surface area contributed by atoms with Crippen LogP contribution in [0, 0.1) is 0 Å². The van der Waals surface area contributed by atoms with E-state index in [-0.39, 0.29) is 6.54 Å². The van der Waals surface area contributed by atoms with E-state index in [1.807, 2.05) is 19.0 Å². The number of likely N-dealkylation sites (N-methyl/N-ethyl adjacent to an activating group) is 1. The molecular weight excluding hydrogens is 266 g/mol. The van der Waals surface area contributed by atoms with Gasteiger partial charge >= 0.3 is 0 Å². The van der Waals surface area contributed by atoms with E-state index in [1.54, 1.807) is 6.92 Å². The van der Waals surface area contributed by atoms with Crippen LogP contribution in [0.15, 0.2) is 0 Å². The number of nitrogens with zero attached hydrogens (tertiary/aromatic N) is 2. The fourth-order valence-electron chi connectivity index (χ4n) is 2.36. The molecule has 0 bridgehead atoms. The lowest BCUT2D eigenvalue weighted by Gasteiger charge is -2.28. The Hall–Kier alpha value is -0.210. The average Bonchev–Trinajstić information content (AvgIpc) is 2.54. The third-order valence-electron chi connectivity index (χ3n) is 3.20. The lowest BCUT2D eigenvalue weighted by Crippen LogP contribution is -2.50. The molecular formula is C12H27N3O3S. The van der Waals surface area contributed by atoms with Crippen molar-refractivity contribution in [1.29, 1.82) is 0 Å². The monoisotopic (exact) mass is 293 g/mol. The first-order valence-corrected chi connectivity index (χ1v) is 8.29. The number of aliphatic hydroxyl groups is 1. The van der Waals surface area contributed by atoms with Gasteiger partial charge in [0.25, 0.3) is 10.2 Å². The Kier molecular flexibility index (Phi) is 6.19. The van der Waals surface area contributed by atoms with Crippen LogP contribution in [0.4, 0.5) is 0 Å². The Morgan fingerprint density at radius 2 is 1.74 bits per heavy atom. The molecule has 6 nitrogen and oxygen atoms in total. The van der Waals surface area contributed by atoms with E-state index < -0.39 is 15.8 Å². The maximum absolute atomic E-state index is 12.2. The summed E-state index contributed by atoms with van der Waals surface area (Å²) in [5, 5.41) is 10.1. The van der Waals surface area contributed by atoms with E-state index in [9.17, 15) is 13.5 Å². The zero-order valence-electron chi connectivity index (χ0n) is 12.2. The number of hydrogen-bond acceptors (Lipinski definition) is 4. The molecule has 1 fully saturated rings. The minimum atomic E-state index is -3.47. The van der Waals surface area contributed by atoms with Gasteiger partial charge in [-0.05, 0) is 33.9 Å². The smallest absolute Gasteiger partial charge is 0.279 e. The molecule has 2 N–H and O–H groups in total. The van der Waals surface area contributed by atoms with Gasteiger partial charge in [-0.25, -0.2) is 0 Å². The van der Waals surface area contributed by atoms with Crippen molar-refractivity contribution in [1.82, 2.24) is 13.9 Å². The summed E-state index contributed by atoms with van der Waals surface area (Å²) in [7, 11) is 0.219. The van der Waals surface area contributed by atoms with Gasteiger partial charge in [0.15, 0.2) is 0 Å². The molecule has 1 rings (SSSR count). The van der Waals surface area contributed by atoms with E-state index in [1.165, 1.54) is 4.31 Å². The van der Waals surface area contributed by atoms with Gasteiger partial charge in [0.05, 0.1) is 5.60 Å². The molecule has 0 aromatic heterocycles. The van der Waals surface area contributed by atoms with E-state index in [4.69, 9.17) is 0 Å². The molecule has 0 aromatic rings. The lowest BCUT2D eigenvalue weighted by molar-refractivity contribution is 0.0382. The summed E-state index contributed by atoms with van der Waals surface area (Å²) in [5.41, 5.74) is -1.07. The van der Waals surface area contributed by atoms with Crippen LogP contribution in [0.2, 0.25) is 0 Å². The van der Waals surface area contributed by atoms with Crippen LogP contribution >= 0.6 is 0 Å². The molecule has 19 heavy (non-hydrogen) atoms. The van der Waals surface area contributed by atoms with Gasteiger partial charge in [-0.1, -0.05) is 12.8 Å². The van der Waals surface area contributed by atoms with Gasteiger partial charge in [0.1, 0.15) is 0 Å². The number of nitrogens with one attached hydrogen (secondary N) is 1. The molecule has 0 spiro atoms. The molecule has 1 atom stereocenters. The molecule has 114 valence electrons. The number of hydrogen-bond donors (Lipinski definition) is 2. The molecule has 1 saturated heterocycles. The second-order valence-corrected chi connectivity index (χ2v) is 7.63. The van der Waals surface area contributed by atoms with Gasteiger partial charge in [0, 0.05) is 26.2 Å². The van der Waals surface area contributed by atoms with Gasteiger partial charge in [-0.15, -0.1) is 0 Å². The summed E-state index contributed by atoms with van der Waals surface area (Å²) >= 11 is 0. The molecule has 0 amide bonds. The minimum absolute atomic E-state index is 0.0318. The standard InChI is InChI=1S/C12H27N3O3S/c1-12(16,11-14(2)3)10-13-19(17,18)15-8-6-4-5-7-9-15/h13,16H,4-11H2,1-3H3. The summed E-state index contributed by atoms with van der Waals surface area (Å²) < 4.78 is 28.3. The Morgan fingerprint density at radius 3 is 2.21 bits per heavy atom. The van der Waals surface area contributed by atoms with Gasteiger partial charge in [-0.3, -0.25) is 0 Å². The Bertz CT molecular complexity index is 360. The molecule has 7 heteroatoms. The average molecular weight is 293 g/mol. The first-order chi connectivity index (χ1) is 8.73. The summed E-state index contributed by atoms with van der Waals surface area (Å²) in [6, 6.07) is 0. The Labute approximate surface area is 117 Å². The molecule has 0 saturated carbocycles. The van der Waals surface area contributed by atoms with Crippen molar-refractivity contribution in [2.45, 2.75) is 38.2 Å². The van der Waals surface area contributed by atoms with Crippen molar-refractivity contribution in [3.05, 3.63) is 0 Å². The van der Waals surface area contributed by atoms with Gasteiger partial charge in [0.2, 0.25) is 0 Å². The molecule has 0 aliphatic carbocycles. The zero-order chi connectivity index (χ0) is 14.5. The van der Waals surface area contributed by atoms with E-state index in [0.29, 0.717) is 19.6 Å². The predicted molar refractivity (Wildman–Crippen MR) is 76.1 cm³/mol. The van der Waals surface area contributed by atoms with Crippen molar-refractivity contribution in [2.24, 2.45) is 0 Å². The van der Waals surface area contributed by atoms with Crippen LogP contribution in [0.5, 0.6) is 0 Å². The van der Waals surface area contributed by atoms with Crippen molar-refractivity contribution in [2.75, 3.05) is 40.3 Å². The van der Waals surface area contributed by atoms with E-state index >= 15 is 0 Å². The third kappa shape index (κ3) is 6.18. The van der Waals surface area contributed by atoms with Crippen LogP contribution in [-0.4, -0.2) is 68.6 Å². The van der Waals surface area contributed by atoms with Crippen molar-refractivity contribution in [3.63, 3.8) is 0 Å². The van der Waals surface area contributed by atoms with Gasteiger partial charge in [-0.2, -0.15) is 17.4 Å². The zero-order valence-corrected chi connectivity index (χ0v) is 13.0. The Balaban J connectivity index is 2.54. The fourth-order valence-corrected chi connectivity index (χ4v) is 3.77. The third-order valence-corrected chi connectivity index (χ3v) is 4.75. The highest BCUT2D eigenvalue weighted by Gasteiger charge is 2.27. The fraction of sp³-hybridized carbons (Fsp3) is 1.00. The van der Waals surface area contributed by atoms with Crippen molar-refractivity contribution in [3.8, 4) is 0 Å². The largest absolute Gasteiger partial charge is 0.387 e. The van der Waals surface area contributed by atoms with E-state index in [0.717, 1.165) is 25.7 Å². The molecule has 1 unspecified atom stereocenters. The minimum Gasteiger partial charge on any atom is -0.387 e. The van der Waals surface area contributed by atoms with Crippen LogP contribution < -0.4 is 4.72 Å². The van der Waals surface area contributed by atoms with Crippen molar-refractivity contribution < 1.29 is 13.5 Å².